The Morgan fingerprint density at radius 2 is 2.14 bits per heavy atom. The number of hydrogen-bond donors (Lipinski definition) is 0. The summed E-state index contributed by atoms with van der Waals surface area (Å²) >= 11 is 0. The third-order valence-electron chi connectivity index (χ3n) is 2.32. The fraction of sp³-hybridized carbons (Fsp3) is 0.400. The highest BCUT2D eigenvalue weighted by molar-refractivity contribution is 5.43. The van der Waals surface area contributed by atoms with E-state index in [2.05, 4.69) is 5.10 Å². The lowest BCUT2D eigenvalue weighted by molar-refractivity contribution is 0.628. The van der Waals surface area contributed by atoms with Gasteiger partial charge in [-0.2, -0.15) is 5.10 Å². The fourth-order valence-corrected chi connectivity index (χ4v) is 1.58. The summed E-state index contributed by atoms with van der Waals surface area (Å²) in [4.78, 5) is 11.8. The van der Waals surface area contributed by atoms with E-state index < -0.39 is 0 Å². The van der Waals surface area contributed by atoms with Gasteiger partial charge in [0.05, 0.1) is 0 Å². The molecule has 0 atom stereocenters. The van der Waals surface area contributed by atoms with Crippen LogP contribution >= 0.6 is 0 Å². The largest absolute Gasteiger partial charge is 0.296 e. The predicted molar refractivity (Wildman–Crippen MR) is 54.5 cm³/mol. The SMILES string of the molecule is CC(C)c1nn2cccc2c(=O)n1C. The third kappa shape index (κ3) is 1.14. The Labute approximate surface area is 81.8 Å². The lowest BCUT2D eigenvalue weighted by atomic mass is 10.2. The van der Waals surface area contributed by atoms with Crippen molar-refractivity contribution in [2.24, 2.45) is 7.05 Å². The van der Waals surface area contributed by atoms with E-state index in [1.54, 1.807) is 28.4 Å². The number of hydrogen-bond acceptors (Lipinski definition) is 2. The zero-order valence-electron chi connectivity index (χ0n) is 8.56. The van der Waals surface area contributed by atoms with Crippen LogP contribution in [0.3, 0.4) is 0 Å². The zero-order valence-corrected chi connectivity index (χ0v) is 8.56. The van der Waals surface area contributed by atoms with Crippen molar-refractivity contribution in [3.05, 3.63) is 34.5 Å². The summed E-state index contributed by atoms with van der Waals surface area (Å²) in [7, 11) is 1.76. The van der Waals surface area contributed by atoms with Gasteiger partial charge in [-0.05, 0) is 12.1 Å². The van der Waals surface area contributed by atoms with Crippen molar-refractivity contribution in [1.29, 1.82) is 0 Å². The molecule has 14 heavy (non-hydrogen) atoms. The monoisotopic (exact) mass is 191 g/mol. The summed E-state index contributed by atoms with van der Waals surface area (Å²) < 4.78 is 3.25. The normalized spacial score (nSPS) is 11.4. The minimum Gasteiger partial charge on any atom is -0.296 e. The molecule has 0 aliphatic heterocycles. The van der Waals surface area contributed by atoms with Gasteiger partial charge in [-0.3, -0.25) is 9.36 Å². The van der Waals surface area contributed by atoms with Crippen LogP contribution in [0.5, 0.6) is 0 Å². The molecule has 2 rings (SSSR count). The van der Waals surface area contributed by atoms with E-state index in [-0.39, 0.29) is 11.5 Å². The maximum atomic E-state index is 11.8. The van der Waals surface area contributed by atoms with Crippen molar-refractivity contribution >= 4 is 5.52 Å². The van der Waals surface area contributed by atoms with Crippen LogP contribution in [-0.2, 0) is 7.05 Å². The second-order valence-corrected chi connectivity index (χ2v) is 3.72. The Bertz CT molecular complexity index is 522. The molecular weight excluding hydrogens is 178 g/mol. The van der Waals surface area contributed by atoms with Crippen LogP contribution in [0.4, 0.5) is 0 Å². The Hall–Kier alpha value is -1.58. The first-order valence-corrected chi connectivity index (χ1v) is 4.65. The highest BCUT2D eigenvalue weighted by Gasteiger charge is 2.10. The van der Waals surface area contributed by atoms with E-state index in [4.69, 9.17) is 0 Å². The molecule has 0 amide bonds. The minimum atomic E-state index is 0.00806. The van der Waals surface area contributed by atoms with E-state index in [1.807, 2.05) is 19.9 Å². The predicted octanol–water partition coefficient (Wildman–Crippen LogP) is 1.16. The molecule has 0 aliphatic carbocycles. The number of rotatable bonds is 1. The smallest absolute Gasteiger partial charge is 0.277 e. The summed E-state index contributed by atoms with van der Waals surface area (Å²) in [6, 6.07) is 3.60. The Morgan fingerprint density at radius 1 is 1.43 bits per heavy atom. The lowest BCUT2D eigenvalue weighted by Gasteiger charge is -2.10. The van der Waals surface area contributed by atoms with Crippen molar-refractivity contribution in [3.8, 4) is 0 Å². The molecule has 0 aromatic carbocycles. The van der Waals surface area contributed by atoms with Crippen molar-refractivity contribution in [2.45, 2.75) is 19.8 Å². The summed E-state index contributed by atoms with van der Waals surface area (Å²) in [6.45, 7) is 4.05. The summed E-state index contributed by atoms with van der Waals surface area (Å²) in [5, 5.41) is 4.37. The average Bonchev–Trinajstić information content (AvgIpc) is 2.58. The average molecular weight is 191 g/mol. The summed E-state index contributed by atoms with van der Waals surface area (Å²) in [5.74, 6) is 1.05. The third-order valence-corrected chi connectivity index (χ3v) is 2.32. The molecule has 0 N–H and O–H groups in total. The minimum absolute atomic E-state index is 0.00806. The summed E-state index contributed by atoms with van der Waals surface area (Å²) in [5.41, 5.74) is 0.630. The molecule has 0 bridgehead atoms. The molecule has 4 nitrogen and oxygen atoms in total. The summed E-state index contributed by atoms with van der Waals surface area (Å²) in [6.07, 6.45) is 1.79. The zero-order chi connectivity index (χ0) is 10.3. The number of fused-ring (bicyclic) bond motifs is 1. The molecule has 2 heterocycles. The van der Waals surface area contributed by atoms with E-state index in [0.29, 0.717) is 5.52 Å². The Balaban J connectivity index is 2.87. The van der Waals surface area contributed by atoms with Crippen molar-refractivity contribution in [2.75, 3.05) is 0 Å². The fourth-order valence-electron chi connectivity index (χ4n) is 1.58. The molecule has 0 radical (unpaired) electrons. The number of nitrogens with zero attached hydrogens (tertiary/aromatic N) is 3. The molecule has 0 fully saturated rings. The molecule has 2 aromatic heterocycles. The van der Waals surface area contributed by atoms with Gasteiger partial charge in [0.1, 0.15) is 11.3 Å². The van der Waals surface area contributed by atoms with E-state index in [0.717, 1.165) is 5.82 Å². The van der Waals surface area contributed by atoms with Crippen LogP contribution in [0.2, 0.25) is 0 Å². The van der Waals surface area contributed by atoms with Crippen LogP contribution in [0.25, 0.3) is 5.52 Å². The standard InChI is InChI=1S/C10H13N3O/c1-7(2)9-11-13-6-4-5-8(13)10(14)12(9)3/h4-7H,1-3H3. The Kier molecular flexibility index (Phi) is 1.91. The van der Waals surface area contributed by atoms with Gasteiger partial charge >= 0.3 is 0 Å². The molecule has 74 valence electrons. The van der Waals surface area contributed by atoms with E-state index in [9.17, 15) is 4.79 Å². The van der Waals surface area contributed by atoms with Gasteiger partial charge in [-0.25, -0.2) is 4.52 Å². The lowest BCUT2D eigenvalue weighted by Crippen LogP contribution is -2.25. The molecule has 4 heteroatoms. The van der Waals surface area contributed by atoms with Gasteiger partial charge in [-0.15, -0.1) is 0 Å². The highest BCUT2D eigenvalue weighted by atomic mass is 16.1. The second kappa shape index (κ2) is 2.97. The molecule has 0 saturated heterocycles. The molecular formula is C10H13N3O. The van der Waals surface area contributed by atoms with E-state index >= 15 is 0 Å². The first kappa shape index (κ1) is 8.99. The molecule has 2 aromatic rings. The van der Waals surface area contributed by atoms with Gasteiger partial charge in [0.15, 0.2) is 0 Å². The maximum Gasteiger partial charge on any atom is 0.277 e. The van der Waals surface area contributed by atoms with Gasteiger partial charge in [0.2, 0.25) is 0 Å². The van der Waals surface area contributed by atoms with Crippen LogP contribution in [0, 0.1) is 0 Å². The molecule has 0 unspecified atom stereocenters. The first-order valence-electron chi connectivity index (χ1n) is 4.65. The second-order valence-electron chi connectivity index (χ2n) is 3.72. The van der Waals surface area contributed by atoms with Crippen LogP contribution in [-0.4, -0.2) is 14.2 Å². The molecule has 0 aliphatic rings. The van der Waals surface area contributed by atoms with Crippen LogP contribution < -0.4 is 5.56 Å². The van der Waals surface area contributed by atoms with Crippen molar-refractivity contribution in [1.82, 2.24) is 14.2 Å². The van der Waals surface area contributed by atoms with Gasteiger partial charge in [0, 0.05) is 19.2 Å². The first-order chi connectivity index (χ1) is 6.61. The Morgan fingerprint density at radius 3 is 2.79 bits per heavy atom. The van der Waals surface area contributed by atoms with Gasteiger partial charge < -0.3 is 0 Å². The number of aromatic nitrogens is 3. The van der Waals surface area contributed by atoms with Crippen LogP contribution in [0.15, 0.2) is 23.1 Å². The maximum absolute atomic E-state index is 11.8. The quantitative estimate of drug-likeness (QED) is 0.678. The molecule has 0 spiro atoms. The van der Waals surface area contributed by atoms with Crippen molar-refractivity contribution < 1.29 is 0 Å². The highest BCUT2D eigenvalue weighted by Crippen LogP contribution is 2.08. The van der Waals surface area contributed by atoms with Gasteiger partial charge in [0.25, 0.3) is 5.56 Å². The topological polar surface area (TPSA) is 39.3 Å². The van der Waals surface area contributed by atoms with Gasteiger partial charge in [-0.1, -0.05) is 13.8 Å². The van der Waals surface area contributed by atoms with E-state index in [1.165, 1.54) is 0 Å². The van der Waals surface area contributed by atoms with Crippen molar-refractivity contribution in [3.63, 3.8) is 0 Å². The van der Waals surface area contributed by atoms with Crippen LogP contribution in [0.1, 0.15) is 25.6 Å². The molecule has 0 saturated carbocycles.